The fourth-order valence-electron chi connectivity index (χ4n) is 2.04. The summed E-state index contributed by atoms with van der Waals surface area (Å²) >= 11 is 0. The van der Waals surface area contributed by atoms with Crippen molar-refractivity contribution in [2.75, 3.05) is 19.5 Å². The third-order valence-corrected chi connectivity index (χ3v) is 3.19. The number of nitrogens with zero attached hydrogens (tertiary/aromatic N) is 1. The van der Waals surface area contributed by atoms with Crippen molar-refractivity contribution in [1.29, 1.82) is 0 Å². The average molecular weight is 244 g/mol. The summed E-state index contributed by atoms with van der Waals surface area (Å²) < 4.78 is 10.7. The van der Waals surface area contributed by atoms with Gasteiger partial charge in [0.1, 0.15) is 5.82 Å². The number of hydrogen-bond donors (Lipinski definition) is 1. The minimum atomic E-state index is 0.580. The first-order valence-corrected chi connectivity index (χ1v) is 6.09. The normalized spacial score (nSPS) is 14.6. The van der Waals surface area contributed by atoms with Gasteiger partial charge in [-0.2, -0.15) is 0 Å². The Morgan fingerprint density at radius 1 is 1.17 bits per heavy atom. The van der Waals surface area contributed by atoms with Gasteiger partial charge in [-0.25, -0.2) is 4.98 Å². The zero-order valence-corrected chi connectivity index (χ0v) is 10.6. The molecule has 1 aliphatic rings. The van der Waals surface area contributed by atoms with E-state index in [1.807, 2.05) is 24.4 Å². The van der Waals surface area contributed by atoms with Gasteiger partial charge in [-0.05, 0) is 36.4 Å². The molecule has 0 spiro atoms. The van der Waals surface area contributed by atoms with Gasteiger partial charge in [-0.15, -0.1) is 0 Å². The lowest BCUT2D eigenvalue weighted by molar-refractivity contribution is 0.356. The number of nitrogens with one attached hydrogen (secondary N) is 1. The lowest BCUT2D eigenvalue weighted by Crippen LogP contribution is -2.03. The van der Waals surface area contributed by atoms with Crippen LogP contribution in [0.2, 0.25) is 0 Å². The van der Waals surface area contributed by atoms with Crippen molar-refractivity contribution in [3.8, 4) is 11.5 Å². The lowest BCUT2D eigenvalue weighted by atomic mass is 10.1. The molecule has 0 radical (unpaired) electrons. The van der Waals surface area contributed by atoms with Crippen LogP contribution in [0.3, 0.4) is 0 Å². The Hall–Kier alpha value is -1.97. The molecule has 1 fully saturated rings. The Balaban J connectivity index is 2.13. The van der Waals surface area contributed by atoms with Crippen LogP contribution >= 0.6 is 0 Å². The standard InChI is InChI=1S/C14H16N2O2/c1-17-12-7-9-5-6-15-14(16-10-3-4-10)11(9)8-13(12)18-2/h5-8,10H,3-4H2,1-2H3,(H,15,16). The maximum absolute atomic E-state index is 5.34. The van der Waals surface area contributed by atoms with E-state index in [1.54, 1.807) is 14.2 Å². The fraction of sp³-hybridized carbons (Fsp3) is 0.357. The highest BCUT2D eigenvalue weighted by molar-refractivity contribution is 5.94. The number of hydrogen-bond acceptors (Lipinski definition) is 4. The average Bonchev–Trinajstić information content (AvgIpc) is 3.21. The van der Waals surface area contributed by atoms with Gasteiger partial charge >= 0.3 is 0 Å². The first-order chi connectivity index (χ1) is 8.81. The van der Waals surface area contributed by atoms with Crippen molar-refractivity contribution >= 4 is 16.6 Å². The van der Waals surface area contributed by atoms with Gasteiger partial charge in [0.25, 0.3) is 0 Å². The molecule has 4 nitrogen and oxygen atoms in total. The molecule has 0 aliphatic heterocycles. The molecule has 1 heterocycles. The minimum Gasteiger partial charge on any atom is -0.493 e. The van der Waals surface area contributed by atoms with E-state index in [1.165, 1.54) is 12.8 Å². The second kappa shape index (κ2) is 4.37. The molecule has 1 aromatic heterocycles. The largest absolute Gasteiger partial charge is 0.493 e. The summed E-state index contributed by atoms with van der Waals surface area (Å²) in [5.74, 6) is 2.40. The molecule has 0 unspecified atom stereocenters. The molecule has 18 heavy (non-hydrogen) atoms. The molecule has 2 aromatic rings. The van der Waals surface area contributed by atoms with Gasteiger partial charge in [0.05, 0.1) is 14.2 Å². The predicted molar refractivity (Wildman–Crippen MR) is 71.5 cm³/mol. The van der Waals surface area contributed by atoms with Crippen LogP contribution in [0.5, 0.6) is 11.5 Å². The lowest BCUT2D eigenvalue weighted by Gasteiger charge is -2.12. The van der Waals surface area contributed by atoms with Crippen LogP contribution in [-0.4, -0.2) is 25.2 Å². The molecule has 4 heteroatoms. The quantitative estimate of drug-likeness (QED) is 0.898. The minimum absolute atomic E-state index is 0.580. The molecule has 0 saturated heterocycles. The Bertz CT molecular complexity index is 579. The highest BCUT2D eigenvalue weighted by Gasteiger charge is 2.22. The SMILES string of the molecule is COc1cc2ccnc(NC3CC3)c2cc1OC. The zero-order chi connectivity index (χ0) is 12.5. The highest BCUT2D eigenvalue weighted by atomic mass is 16.5. The van der Waals surface area contributed by atoms with Crippen molar-refractivity contribution in [3.63, 3.8) is 0 Å². The summed E-state index contributed by atoms with van der Waals surface area (Å²) in [4.78, 5) is 4.41. The van der Waals surface area contributed by atoms with E-state index in [9.17, 15) is 0 Å². The van der Waals surface area contributed by atoms with Crippen LogP contribution in [0.15, 0.2) is 24.4 Å². The van der Waals surface area contributed by atoms with Gasteiger partial charge < -0.3 is 14.8 Å². The molecule has 3 rings (SSSR count). The predicted octanol–water partition coefficient (Wildman–Crippen LogP) is 2.83. The Kier molecular flexibility index (Phi) is 2.70. The Labute approximate surface area is 106 Å². The Morgan fingerprint density at radius 2 is 1.89 bits per heavy atom. The number of methoxy groups -OCH3 is 2. The van der Waals surface area contributed by atoms with E-state index in [2.05, 4.69) is 10.3 Å². The van der Waals surface area contributed by atoms with Crippen LogP contribution in [0.1, 0.15) is 12.8 Å². The van der Waals surface area contributed by atoms with Crippen molar-refractivity contribution < 1.29 is 9.47 Å². The zero-order valence-electron chi connectivity index (χ0n) is 10.6. The summed E-state index contributed by atoms with van der Waals surface area (Å²) in [6, 6.07) is 6.52. The number of fused-ring (bicyclic) bond motifs is 1. The molecule has 0 amide bonds. The second-order valence-corrected chi connectivity index (χ2v) is 4.51. The number of aromatic nitrogens is 1. The van der Waals surface area contributed by atoms with Gasteiger partial charge in [0.15, 0.2) is 11.5 Å². The second-order valence-electron chi connectivity index (χ2n) is 4.51. The van der Waals surface area contributed by atoms with Crippen LogP contribution < -0.4 is 14.8 Å². The molecule has 1 aromatic carbocycles. The Morgan fingerprint density at radius 3 is 2.56 bits per heavy atom. The number of benzene rings is 1. The van der Waals surface area contributed by atoms with Crippen LogP contribution in [-0.2, 0) is 0 Å². The van der Waals surface area contributed by atoms with E-state index < -0.39 is 0 Å². The molecular formula is C14H16N2O2. The van der Waals surface area contributed by atoms with Gasteiger partial charge in [-0.3, -0.25) is 0 Å². The van der Waals surface area contributed by atoms with Crippen LogP contribution in [0.25, 0.3) is 10.8 Å². The van der Waals surface area contributed by atoms with Gasteiger partial charge in [0.2, 0.25) is 0 Å². The van der Waals surface area contributed by atoms with Crippen molar-refractivity contribution in [2.45, 2.75) is 18.9 Å². The van der Waals surface area contributed by atoms with Crippen LogP contribution in [0.4, 0.5) is 5.82 Å². The summed E-state index contributed by atoms with van der Waals surface area (Å²) in [5.41, 5.74) is 0. The summed E-state index contributed by atoms with van der Waals surface area (Å²) in [5, 5.41) is 5.61. The van der Waals surface area contributed by atoms with Gasteiger partial charge in [0, 0.05) is 17.6 Å². The van der Waals surface area contributed by atoms with Crippen molar-refractivity contribution in [2.24, 2.45) is 0 Å². The van der Waals surface area contributed by atoms with E-state index >= 15 is 0 Å². The van der Waals surface area contributed by atoms with E-state index in [0.29, 0.717) is 6.04 Å². The van der Waals surface area contributed by atoms with Gasteiger partial charge in [-0.1, -0.05) is 0 Å². The number of anilines is 1. The third-order valence-electron chi connectivity index (χ3n) is 3.19. The molecule has 94 valence electrons. The molecule has 1 aliphatic carbocycles. The molecule has 1 N–H and O–H groups in total. The molecule has 0 bridgehead atoms. The summed E-state index contributed by atoms with van der Waals surface area (Å²) in [6.45, 7) is 0. The number of pyridine rings is 1. The van der Waals surface area contributed by atoms with Crippen molar-refractivity contribution in [3.05, 3.63) is 24.4 Å². The first kappa shape index (κ1) is 11.1. The van der Waals surface area contributed by atoms with E-state index in [-0.39, 0.29) is 0 Å². The monoisotopic (exact) mass is 244 g/mol. The molecular weight excluding hydrogens is 228 g/mol. The summed E-state index contributed by atoms with van der Waals surface area (Å²) in [6.07, 6.45) is 4.27. The van der Waals surface area contributed by atoms with Crippen LogP contribution in [0, 0.1) is 0 Å². The summed E-state index contributed by atoms with van der Waals surface area (Å²) in [7, 11) is 3.29. The first-order valence-electron chi connectivity index (χ1n) is 6.09. The van der Waals surface area contributed by atoms with Crippen molar-refractivity contribution in [1.82, 2.24) is 4.98 Å². The maximum Gasteiger partial charge on any atom is 0.161 e. The maximum atomic E-state index is 5.34. The smallest absolute Gasteiger partial charge is 0.161 e. The number of rotatable bonds is 4. The molecule has 1 saturated carbocycles. The molecule has 0 atom stereocenters. The third kappa shape index (κ3) is 1.94. The fourth-order valence-corrected chi connectivity index (χ4v) is 2.04. The van der Waals surface area contributed by atoms with E-state index in [0.717, 1.165) is 28.1 Å². The van der Waals surface area contributed by atoms with E-state index in [4.69, 9.17) is 9.47 Å². The highest BCUT2D eigenvalue weighted by Crippen LogP contribution is 2.35. The topological polar surface area (TPSA) is 43.4 Å². The number of ether oxygens (including phenoxy) is 2.